The van der Waals surface area contributed by atoms with Crippen molar-refractivity contribution in [1.82, 2.24) is 0 Å². The molecule has 0 aliphatic carbocycles. The summed E-state index contributed by atoms with van der Waals surface area (Å²) in [4.78, 5) is 0. The fraction of sp³-hybridized carbons (Fsp3) is 1.00. The molecule has 0 atom stereocenters. The first-order valence-corrected chi connectivity index (χ1v) is 5.06. The van der Waals surface area contributed by atoms with Crippen LogP contribution in [0.4, 0.5) is 0 Å². The van der Waals surface area contributed by atoms with Gasteiger partial charge in [-0.3, -0.25) is 0 Å². The molecule has 0 bridgehead atoms. The summed E-state index contributed by atoms with van der Waals surface area (Å²) < 4.78 is 10.7. The minimum absolute atomic E-state index is 0.0557. The third kappa shape index (κ3) is 5.87. The molecule has 10 heavy (non-hydrogen) atoms. The molecule has 0 saturated heterocycles. The first-order valence-electron chi connectivity index (χ1n) is 3.58. The summed E-state index contributed by atoms with van der Waals surface area (Å²) >= 11 is 0.602. The van der Waals surface area contributed by atoms with Gasteiger partial charge in [0.2, 0.25) is 0 Å². The molecule has 2 nitrogen and oxygen atoms in total. The Labute approximate surface area is 86.2 Å². The predicted octanol–water partition coefficient (Wildman–Crippen LogP) is 1.67. The Kier molecular flexibility index (Phi) is 6.36. The van der Waals surface area contributed by atoms with Crippen LogP contribution in [-0.4, -0.2) is 18.8 Å². The number of hydrogen-bond acceptors (Lipinski definition) is 2. The van der Waals surface area contributed by atoms with E-state index >= 15 is 0 Å². The van der Waals surface area contributed by atoms with Crippen molar-refractivity contribution in [3.05, 3.63) is 0 Å². The monoisotopic (exact) mass is 270 g/mol. The third-order valence-electron chi connectivity index (χ3n) is 1.12. The minimum atomic E-state index is -0.0557. The second-order valence-corrected chi connectivity index (χ2v) is 3.67. The van der Waals surface area contributed by atoms with Gasteiger partial charge in [0.15, 0.2) is 0 Å². The van der Waals surface area contributed by atoms with Crippen molar-refractivity contribution in [2.45, 2.75) is 32.8 Å². The fourth-order valence-electron chi connectivity index (χ4n) is 0.496. The Bertz CT molecular complexity index is 83.7. The quantitative estimate of drug-likeness (QED) is 0.707. The molecule has 56 valence electrons. The van der Waals surface area contributed by atoms with Gasteiger partial charge in [-0.1, -0.05) is 0 Å². The first kappa shape index (κ1) is 11.1. The van der Waals surface area contributed by atoms with E-state index in [1.54, 1.807) is 0 Å². The fourth-order valence-corrected chi connectivity index (χ4v) is 0.710. The van der Waals surface area contributed by atoms with Gasteiger partial charge in [0, 0.05) is 0 Å². The maximum absolute atomic E-state index is 5.34. The van der Waals surface area contributed by atoms with Crippen molar-refractivity contribution >= 4 is 0 Å². The van der Waals surface area contributed by atoms with Gasteiger partial charge in [-0.2, -0.15) is 0 Å². The van der Waals surface area contributed by atoms with Gasteiger partial charge in [0.25, 0.3) is 0 Å². The van der Waals surface area contributed by atoms with E-state index in [9.17, 15) is 0 Å². The van der Waals surface area contributed by atoms with Crippen LogP contribution >= 0.6 is 0 Å². The summed E-state index contributed by atoms with van der Waals surface area (Å²) in [5.41, 5.74) is -0.0557. The van der Waals surface area contributed by atoms with Crippen LogP contribution in [0.5, 0.6) is 0 Å². The zero-order chi connectivity index (χ0) is 8.04. The van der Waals surface area contributed by atoms with E-state index in [2.05, 4.69) is 20.8 Å². The van der Waals surface area contributed by atoms with Crippen molar-refractivity contribution in [3.8, 4) is 0 Å². The van der Waals surface area contributed by atoms with Crippen LogP contribution in [0, 0.1) is 34.3 Å². The predicted molar refractivity (Wildman–Crippen MR) is 36.3 cm³/mol. The molecule has 0 aromatic rings. The zero-order valence-corrected chi connectivity index (χ0v) is 10.6. The summed E-state index contributed by atoms with van der Waals surface area (Å²) in [6.45, 7) is 7.79. The van der Waals surface area contributed by atoms with Crippen LogP contribution in [0.1, 0.15) is 27.2 Å². The summed E-state index contributed by atoms with van der Waals surface area (Å²) in [5, 5.41) is 0. The van der Waals surface area contributed by atoms with Crippen LogP contribution in [0.2, 0.25) is 0 Å². The number of ether oxygens (including phenoxy) is 1. The van der Waals surface area contributed by atoms with Gasteiger partial charge >= 0.3 is 86.7 Å². The molecule has 0 fully saturated rings. The number of hydrogen-bond donors (Lipinski definition) is 0. The van der Waals surface area contributed by atoms with Crippen LogP contribution in [-0.2, 0) is 6.44 Å². The van der Waals surface area contributed by atoms with Crippen LogP contribution in [0.25, 0.3) is 0 Å². The van der Waals surface area contributed by atoms with E-state index < -0.39 is 0 Å². The van der Waals surface area contributed by atoms with Crippen molar-refractivity contribution < 1.29 is 40.7 Å². The molecule has 0 aliphatic heterocycles. The molecule has 0 N–H and O–H groups in total. The Morgan fingerprint density at radius 2 is 2.00 bits per heavy atom. The molecule has 0 aromatic carbocycles. The zero-order valence-electron chi connectivity index (χ0n) is 7.02. The standard InChI is InChI=1S/C7H15O2.La/c1-4-5-9-6-7(2,3)8;/h4-6H2,1-3H3;/q-1;+3. The second-order valence-electron chi connectivity index (χ2n) is 2.93. The van der Waals surface area contributed by atoms with Gasteiger partial charge in [0.1, 0.15) is 0 Å². The molecule has 3 heteroatoms. The molecule has 0 radical (unpaired) electrons. The Morgan fingerprint density at radius 1 is 1.40 bits per heavy atom. The van der Waals surface area contributed by atoms with Crippen LogP contribution in [0.3, 0.4) is 0 Å². The molecule has 0 aromatic heterocycles. The normalized spacial score (nSPS) is 12.1. The SMILES string of the molecule is CCCOCC(C)(C)[O][La+2]. The summed E-state index contributed by atoms with van der Waals surface area (Å²) in [7, 11) is 0. The Morgan fingerprint density at radius 3 is 2.40 bits per heavy atom. The van der Waals surface area contributed by atoms with Crippen LogP contribution < -0.4 is 0 Å². The van der Waals surface area contributed by atoms with E-state index in [1.165, 1.54) is 0 Å². The van der Waals surface area contributed by atoms with Gasteiger partial charge in [-0.15, -0.1) is 0 Å². The third-order valence-corrected chi connectivity index (χ3v) is 3.12. The Balaban J connectivity index is 3.28. The summed E-state index contributed by atoms with van der Waals surface area (Å²) in [6.07, 6.45) is 1.08. The maximum atomic E-state index is 5.34. The second kappa shape index (κ2) is 5.73. The summed E-state index contributed by atoms with van der Waals surface area (Å²) in [5.74, 6) is 0. The molecule has 0 amide bonds. The van der Waals surface area contributed by atoms with E-state index in [0.29, 0.717) is 34.3 Å². The average Bonchev–Trinajstić information content (AvgIpc) is 1.89. The summed E-state index contributed by atoms with van der Waals surface area (Å²) in [6, 6.07) is 0. The van der Waals surface area contributed by atoms with Crippen LogP contribution in [0.15, 0.2) is 0 Å². The molecule has 0 spiro atoms. The molecular weight excluding hydrogens is 255 g/mol. The molecule has 0 aliphatic rings. The van der Waals surface area contributed by atoms with Crippen molar-refractivity contribution in [1.29, 1.82) is 0 Å². The van der Waals surface area contributed by atoms with Crippen molar-refractivity contribution in [3.63, 3.8) is 0 Å². The van der Waals surface area contributed by atoms with E-state index in [4.69, 9.17) is 6.44 Å². The van der Waals surface area contributed by atoms with Gasteiger partial charge in [-0.25, -0.2) is 0 Å². The first-order chi connectivity index (χ1) is 4.62. The topological polar surface area (TPSA) is 18.5 Å². The van der Waals surface area contributed by atoms with Crippen molar-refractivity contribution in [2.24, 2.45) is 0 Å². The molecule has 0 unspecified atom stereocenters. The van der Waals surface area contributed by atoms with E-state index in [-0.39, 0.29) is 5.60 Å². The molecule has 0 heterocycles. The van der Waals surface area contributed by atoms with Crippen molar-refractivity contribution in [2.75, 3.05) is 13.2 Å². The average molecular weight is 270 g/mol. The molecular formula is C7H15LaO2+2. The number of rotatable bonds is 5. The van der Waals surface area contributed by atoms with Gasteiger partial charge < -0.3 is 0 Å². The molecule has 0 saturated carbocycles. The Hall–Kier alpha value is 1.11. The van der Waals surface area contributed by atoms with Gasteiger partial charge in [-0.05, 0) is 0 Å². The van der Waals surface area contributed by atoms with E-state index in [1.807, 2.05) is 0 Å². The van der Waals surface area contributed by atoms with Gasteiger partial charge in [0.05, 0.1) is 0 Å². The molecule has 0 rings (SSSR count). The van der Waals surface area contributed by atoms with E-state index in [0.717, 1.165) is 19.6 Å².